The molecule has 1 fully saturated rings. The lowest BCUT2D eigenvalue weighted by Crippen LogP contribution is -2.46. The number of carbonyl (C=O) groups is 2. The summed E-state index contributed by atoms with van der Waals surface area (Å²) < 4.78 is 16.9. The van der Waals surface area contributed by atoms with Gasteiger partial charge in [-0.3, -0.25) is 14.6 Å². The minimum absolute atomic E-state index is 0.0417. The van der Waals surface area contributed by atoms with Crippen molar-refractivity contribution < 1.29 is 23.8 Å². The fourth-order valence-corrected chi connectivity index (χ4v) is 7.46. The van der Waals surface area contributed by atoms with Gasteiger partial charge in [0.25, 0.3) is 0 Å². The quantitative estimate of drug-likeness (QED) is 0.129. The van der Waals surface area contributed by atoms with Crippen LogP contribution >= 0.6 is 23.2 Å². The second-order valence-electron chi connectivity index (χ2n) is 14.4. The van der Waals surface area contributed by atoms with Gasteiger partial charge in [0.05, 0.1) is 34.6 Å². The van der Waals surface area contributed by atoms with E-state index in [1.807, 2.05) is 36.4 Å². The van der Waals surface area contributed by atoms with Crippen LogP contribution < -0.4 is 14.5 Å². The highest BCUT2D eigenvalue weighted by atomic mass is 35.5. The molecule has 0 aromatic heterocycles. The Hall–Kier alpha value is -2.68. The van der Waals surface area contributed by atoms with E-state index < -0.39 is 6.16 Å². The number of hydrogen-bond donors (Lipinski definition) is 0. The van der Waals surface area contributed by atoms with Crippen LogP contribution in [-0.4, -0.2) is 69.6 Å². The lowest BCUT2D eigenvalue weighted by Gasteiger charge is -2.36. The first kappa shape index (κ1) is 37.1. The number of aryl methyl sites for hydroxylation is 1. The Labute approximate surface area is 291 Å². The number of hydrogen-bond acceptors (Lipinski definition) is 7. The standard InChI is InChI=1S/C37H53Cl2N3O5/c1-6-16-36(2,3)26-37(4,5)17-24-46-35(44)47-27-42-32-25-29(14-12-28(32)13-15-33(42)43)45-23-8-7-18-40-19-21-41(22-20-40)31-11-9-10-30(38)34(31)39/h9-12,14,25H,6-8,13,15-24,26-27H2,1-5H3. The molecular weight excluding hydrogens is 637 g/mol. The largest absolute Gasteiger partial charge is 0.510 e. The van der Waals surface area contributed by atoms with Gasteiger partial charge < -0.3 is 19.1 Å². The molecule has 2 aliphatic heterocycles. The predicted octanol–water partition coefficient (Wildman–Crippen LogP) is 9.00. The zero-order chi connectivity index (χ0) is 34.0. The second kappa shape index (κ2) is 17.1. The topological polar surface area (TPSA) is 71.5 Å². The van der Waals surface area contributed by atoms with Crippen LogP contribution in [0.2, 0.25) is 10.0 Å². The fraction of sp³-hybridized carbons (Fsp3) is 0.622. The molecule has 0 spiro atoms. The first-order valence-corrected chi connectivity index (χ1v) is 17.9. The molecule has 0 unspecified atom stereocenters. The molecular formula is C37H53Cl2N3O5. The SMILES string of the molecule is CCCC(C)(C)CC(C)(C)CCOC(=O)OCN1C(=O)CCc2ccc(OCCCCN3CCN(c4cccc(Cl)c4Cl)CC3)cc21. The van der Waals surface area contributed by atoms with Crippen molar-refractivity contribution in [1.29, 1.82) is 0 Å². The third kappa shape index (κ3) is 11.2. The van der Waals surface area contributed by atoms with E-state index >= 15 is 0 Å². The Kier molecular flexibility index (Phi) is 13.5. The van der Waals surface area contributed by atoms with Gasteiger partial charge >= 0.3 is 6.16 Å². The van der Waals surface area contributed by atoms with E-state index in [9.17, 15) is 9.59 Å². The van der Waals surface area contributed by atoms with Crippen molar-refractivity contribution in [1.82, 2.24) is 4.90 Å². The van der Waals surface area contributed by atoms with Crippen molar-refractivity contribution in [3.63, 3.8) is 0 Å². The normalized spacial score (nSPS) is 15.9. The molecule has 0 radical (unpaired) electrons. The van der Waals surface area contributed by atoms with Gasteiger partial charge in [0.2, 0.25) is 5.91 Å². The molecule has 0 aliphatic carbocycles. The number of piperazine rings is 1. The van der Waals surface area contributed by atoms with Crippen LogP contribution in [0.4, 0.5) is 16.2 Å². The Balaban J connectivity index is 1.17. The Morgan fingerprint density at radius 3 is 2.36 bits per heavy atom. The minimum atomic E-state index is -0.754. The van der Waals surface area contributed by atoms with Crippen molar-refractivity contribution in [3.8, 4) is 5.75 Å². The summed E-state index contributed by atoms with van der Waals surface area (Å²) in [5, 5.41) is 1.21. The third-order valence-corrected chi connectivity index (χ3v) is 10.0. The number of benzene rings is 2. The maximum Gasteiger partial charge on any atom is 0.510 e. The van der Waals surface area contributed by atoms with Crippen LogP contribution in [0.1, 0.15) is 85.1 Å². The van der Waals surface area contributed by atoms with Crippen LogP contribution in [-0.2, 0) is 20.7 Å². The maximum atomic E-state index is 12.8. The fourth-order valence-electron chi connectivity index (χ4n) is 7.04. The van der Waals surface area contributed by atoms with Gasteiger partial charge in [-0.1, -0.05) is 76.4 Å². The van der Waals surface area contributed by atoms with Gasteiger partial charge in [-0.05, 0) is 79.7 Å². The zero-order valence-corrected chi connectivity index (χ0v) is 30.4. The Bertz CT molecular complexity index is 1340. The van der Waals surface area contributed by atoms with Crippen LogP contribution in [0.3, 0.4) is 0 Å². The minimum Gasteiger partial charge on any atom is -0.494 e. The first-order valence-electron chi connectivity index (χ1n) is 17.1. The van der Waals surface area contributed by atoms with Crippen LogP contribution in [0.5, 0.6) is 5.75 Å². The average Bonchev–Trinajstić information content (AvgIpc) is 3.01. The molecule has 47 heavy (non-hydrogen) atoms. The van der Waals surface area contributed by atoms with Crippen molar-refractivity contribution in [2.45, 2.75) is 86.0 Å². The van der Waals surface area contributed by atoms with Crippen molar-refractivity contribution in [2.24, 2.45) is 10.8 Å². The summed E-state index contributed by atoms with van der Waals surface area (Å²) in [6, 6.07) is 11.6. The summed E-state index contributed by atoms with van der Waals surface area (Å²) in [7, 11) is 0. The second-order valence-corrected chi connectivity index (χ2v) is 15.2. The molecule has 2 heterocycles. The highest BCUT2D eigenvalue weighted by molar-refractivity contribution is 6.43. The molecule has 1 saturated heterocycles. The summed E-state index contributed by atoms with van der Waals surface area (Å²) in [5.74, 6) is 0.616. The molecule has 4 rings (SSSR count). The molecule has 10 heteroatoms. The van der Waals surface area contributed by atoms with E-state index in [0.717, 1.165) is 81.8 Å². The predicted molar refractivity (Wildman–Crippen MR) is 191 cm³/mol. The third-order valence-electron chi connectivity index (χ3n) is 9.23. The maximum absolute atomic E-state index is 12.8. The number of rotatable bonds is 16. The molecule has 8 nitrogen and oxygen atoms in total. The summed E-state index contributed by atoms with van der Waals surface area (Å²) in [4.78, 5) is 31.6. The molecule has 0 saturated carbocycles. The molecule has 2 aromatic carbocycles. The molecule has 1 amide bonds. The monoisotopic (exact) mass is 689 g/mol. The first-order chi connectivity index (χ1) is 22.4. The molecule has 260 valence electrons. The van der Waals surface area contributed by atoms with Gasteiger partial charge in [0, 0.05) is 38.7 Å². The van der Waals surface area contributed by atoms with E-state index in [1.165, 1.54) is 11.3 Å². The molecule has 0 bridgehead atoms. The lowest BCUT2D eigenvalue weighted by molar-refractivity contribution is -0.119. The molecule has 2 aromatic rings. The molecule has 0 atom stereocenters. The van der Waals surface area contributed by atoms with E-state index in [0.29, 0.717) is 35.2 Å². The molecule has 2 aliphatic rings. The van der Waals surface area contributed by atoms with Crippen LogP contribution in [0.15, 0.2) is 36.4 Å². The number of ether oxygens (including phenoxy) is 3. The summed E-state index contributed by atoms with van der Waals surface area (Å²) in [5.41, 5.74) is 3.04. The van der Waals surface area contributed by atoms with E-state index in [1.54, 1.807) is 0 Å². The van der Waals surface area contributed by atoms with Gasteiger partial charge in [0.1, 0.15) is 5.75 Å². The zero-order valence-electron chi connectivity index (χ0n) is 28.9. The van der Waals surface area contributed by atoms with E-state index in [2.05, 4.69) is 44.4 Å². The van der Waals surface area contributed by atoms with Crippen molar-refractivity contribution >= 4 is 46.6 Å². The van der Waals surface area contributed by atoms with E-state index in [4.69, 9.17) is 37.4 Å². The summed E-state index contributed by atoms with van der Waals surface area (Å²) in [6.07, 6.45) is 6.32. The van der Waals surface area contributed by atoms with E-state index in [-0.39, 0.29) is 30.1 Å². The number of nitrogens with zero attached hydrogens (tertiary/aromatic N) is 3. The van der Waals surface area contributed by atoms with Crippen molar-refractivity contribution in [2.75, 3.05) is 62.5 Å². The van der Waals surface area contributed by atoms with Gasteiger partial charge in [-0.15, -0.1) is 0 Å². The van der Waals surface area contributed by atoms with Crippen LogP contribution in [0, 0.1) is 10.8 Å². The average molecular weight is 691 g/mol. The molecule has 0 N–H and O–H groups in total. The number of unbranched alkanes of at least 4 members (excludes halogenated alkanes) is 1. The van der Waals surface area contributed by atoms with Crippen LogP contribution in [0.25, 0.3) is 0 Å². The summed E-state index contributed by atoms with van der Waals surface area (Å²) >= 11 is 12.6. The Morgan fingerprint density at radius 2 is 1.62 bits per heavy atom. The van der Waals surface area contributed by atoms with Crippen molar-refractivity contribution in [3.05, 3.63) is 52.0 Å². The number of carbonyl (C=O) groups excluding carboxylic acids is 2. The Morgan fingerprint density at radius 1 is 0.872 bits per heavy atom. The van der Waals surface area contributed by atoms with Gasteiger partial charge in [-0.2, -0.15) is 0 Å². The lowest BCUT2D eigenvalue weighted by atomic mass is 9.71. The highest BCUT2D eigenvalue weighted by Gasteiger charge is 2.29. The number of anilines is 2. The van der Waals surface area contributed by atoms with Gasteiger partial charge in [-0.25, -0.2) is 4.79 Å². The smallest absolute Gasteiger partial charge is 0.494 e. The summed E-state index contributed by atoms with van der Waals surface area (Å²) in [6.45, 7) is 16.7. The highest BCUT2D eigenvalue weighted by Crippen LogP contribution is 2.39. The number of amides is 1. The number of halogens is 2. The van der Waals surface area contributed by atoms with Gasteiger partial charge in [0.15, 0.2) is 6.73 Å². The number of fused-ring (bicyclic) bond motifs is 1.